The summed E-state index contributed by atoms with van der Waals surface area (Å²) in [6.45, 7) is -0.361. The monoisotopic (exact) mass is 2080 g/mol. The molecule has 0 unspecified atom stereocenters. The van der Waals surface area contributed by atoms with Crippen LogP contribution in [0.4, 0.5) is 0 Å². The van der Waals surface area contributed by atoms with Gasteiger partial charge < -0.3 is 292 Å². The topological polar surface area (TPSA) is 1080 Å². The lowest BCUT2D eigenvalue weighted by molar-refractivity contribution is -0.399. The molecule has 0 aromatic carbocycles. The minimum absolute atomic E-state index is 0.125. The first-order chi connectivity index (χ1) is 68.7. The highest BCUT2D eigenvalue weighted by atomic mass is 16.8. The van der Waals surface area contributed by atoms with Crippen molar-refractivity contribution in [2.45, 2.75) is 297 Å². The fraction of sp³-hybridized carbons (Fsp3) is 0.900. The normalized spacial score (nSPS) is 38.0. The largest absolute Gasteiger partial charge is 0.387 e. The molecule has 64 nitrogen and oxygen atoms in total. The fourth-order valence-electron chi connectivity index (χ4n) is 17.3. The maximum atomic E-state index is 12.6. The van der Waals surface area contributed by atoms with Crippen LogP contribution in [0, 0.1) is 0 Å². The minimum Gasteiger partial charge on any atom is -0.387 e. The zero-order chi connectivity index (χ0) is 105. The van der Waals surface area contributed by atoms with Crippen LogP contribution >= 0.6 is 0 Å². The molecule has 0 spiro atoms. The van der Waals surface area contributed by atoms with Gasteiger partial charge in [-0.3, -0.25) is 39.9 Å². The molecule has 0 saturated carbocycles. The number of hydrogen-bond donors (Lipinski definition) is 40. The van der Waals surface area contributed by atoms with E-state index in [0.717, 1.165) is 0 Å². The molecule has 144 heavy (non-hydrogen) atoms. The molecule has 30 fully saturated rings. The predicted octanol–water partition coefficient (Wildman–Crippen LogP) is -23.3. The van der Waals surface area contributed by atoms with E-state index >= 15 is 0 Å². The summed E-state index contributed by atoms with van der Waals surface area (Å²) in [5.74, 6) is -1.61. The van der Waals surface area contributed by atoms with Crippen molar-refractivity contribution in [1.29, 1.82) is 0 Å². The van der Waals surface area contributed by atoms with Crippen LogP contribution in [0.25, 0.3) is 0 Å². The van der Waals surface area contributed by atoms with Gasteiger partial charge in [0.2, 0.25) is 0 Å². The summed E-state index contributed by atoms with van der Waals surface area (Å²) in [5, 5.41) is 225. The molecule has 0 aromatic rings. The second-order valence-corrected chi connectivity index (χ2v) is 35.9. The smallest absolute Gasteiger partial charge is 0.187 e. The maximum Gasteiger partial charge on any atom is 0.187 e. The number of nitrogens with zero attached hydrogens (tertiary/aromatic N) is 8. The Balaban J connectivity index is 1.14. The number of rotatable bonds is 48. The van der Waals surface area contributed by atoms with Crippen molar-refractivity contribution in [2.75, 3.05) is 157 Å². The zero-order valence-corrected chi connectivity index (χ0v) is 80.2. The molecule has 30 aliphatic rings. The van der Waals surface area contributed by atoms with Gasteiger partial charge in [-0.25, -0.2) is 0 Å². The van der Waals surface area contributed by atoms with E-state index < -0.39 is 246 Å². The van der Waals surface area contributed by atoms with E-state index in [0.29, 0.717) is 51.4 Å². The van der Waals surface area contributed by atoms with Gasteiger partial charge in [-0.1, -0.05) is 0 Å². The number of aliphatic imine (C=N–C) groups is 8. The van der Waals surface area contributed by atoms with Gasteiger partial charge in [-0.05, 0) is 104 Å². The highest BCUT2D eigenvalue weighted by Gasteiger charge is 2.61. The summed E-state index contributed by atoms with van der Waals surface area (Å²) in [6.07, 6.45) is -75.1. The van der Waals surface area contributed by atoms with E-state index in [9.17, 15) is 81.7 Å². The average Bonchev–Trinajstić information content (AvgIpc) is 0.769. The molecular formula is C80H160N32O32. The second-order valence-electron chi connectivity index (χ2n) is 35.9. The summed E-state index contributed by atoms with van der Waals surface area (Å²) in [6, 6.07) is 0. The van der Waals surface area contributed by atoms with E-state index in [2.05, 4.69) is 82.5 Å². The Morgan fingerprint density at radius 1 is 0.153 bits per heavy atom. The first-order valence-corrected chi connectivity index (χ1v) is 48.2. The Hall–Kier alpha value is -7.44. The van der Waals surface area contributed by atoms with Crippen molar-refractivity contribution in [1.82, 2.24) is 42.5 Å². The van der Waals surface area contributed by atoms with Crippen molar-refractivity contribution in [3.8, 4) is 0 Å². The van der Waals surface area contributed by atoms with Gasteiger partial charge in [0, 0.05) is 105 Å². The van der Waals surface area contributed by atoms with Crippen LogP contribution in [-0.2, 0) is 75.8 Å². The quantitative estimate of drug-likeness (QED) is 0.0153. The third kappa shape index (κ3) is 36.5. The third-order valence-electron chi connectivity index (χ3n) is 24.7. The molecule has 30 saturated heterocycles. The predicted molar refractivity (Wildman–Crippen MR) is 510 cm³/mol. The van der Waals surface area contributed by atoms with Crippen LogP contribution in [0.15, 0.2) is 39.9 Å². The Kier molecular flexibility index (Phi) is 50.9. The van der Waals surface area contributed by atoms with Gasteiger partial charge in [-0.15, -0.1) is 0 Å². The summed E-state index contributed by atoms with van der Waals surface area (Å²) < 4.78 is 104. The SMILES string of the molecule is NC(N)=NCCCNC[C@H]1O[C@@H]2O[C@H]3[C@H](O)[C@@H](O)[C@@H](O[C@H]4[C@H](O)[C@@H](O)[C@@H](O[C@H]5[C@H](O)[C@@H](O)[C@@H](O[C@H]6[C@H](O)[C@@H](O)[C@@H](O[C@H]7[C@H](O)[C@@H](O)[C@@H](O[C@H]8[C@H](O)[C@@H](O)[C@@H](O[C@H]9[C@H](O)[C@@H](O)[C@@H](O[C@H]1[C@H](O)[C@H]2O)O[C@@H]9CNCCCN=C(N)N)O[C@@H]8CNCCCN=C(N)N)O[C@@H]7CNCCCN=C(N)N)O[C@@H]6CNCCCN=C(N)N)O[C@@H]5CNCCCN=C(N)N)O[C@@H]4CNCCCN=C(N)N)O[C@@H]3CNCCCN=C(N)N. The van der Waals surface area contributed by atoms with E-state index in [1.165, 1.54) is 0 Å². The van der Waals surface area contributed by atoms with E-state index in [1.807, 2.05) is 0 Å². The highest BCUT2D eigenvalue weighted by Crippen LogP contribution is 2.41. The molecule has 56 N–H and O–H groups in total. The second kappa shape index (κ2) is 61.0. The number of nitrogens with one attached hydrogen (secondary N) is 8. The molecule has 0 aliphatic carbocycles. The molecule has 16 bridgehead atoms. The molecule has 0 radical (unpaired) electrons. The van der Waals surface area contributed by atoms with Crippen LogP contribution in [0.2, 0.25) is 0 Å². The van der Waals surface area contributed by atoms with Crippen LogP contribution in [0.5, 0.6) is 0 Å². The molecule has 832 valence electrons. The molecule has 30 heterocycles. The van der Waals surface area contributed by atoms with Crippen molar-refractivity contribution in [3.63, 3.8) is 0 Å². The first kappa shape index (κ1) is 120. The highest BCUT2D eigenvalue weighted by molar-refractivity contribution is 5.78. The summed E-state index contributed by atoms with van der Waals surface area (Å²) >= 11 is 0. The van der Waals surface area contributed by atoms with E-state index in [4.69, 9.17) is 168 Å². The van der Waals surface area contributed by atoms with Gasteiger partial charge in [0.1, 0.15) is 195 Å². The van der Waals surface area contributed by atoms with Gasteiger partial charge in [-0.2, -0.15) is 0 Å². The summed E-state index contributed by atoms with van der Waals surface area (Å²) in [7, 11) is 0. The molecule has 0 amide bonds. The molecule has 40 atom stereocenters. The van der Waals surface area contributed by atoms with E-state index in [-0.39, 0.29) is 205 Å². The van der Waals surface area contributed by atoms with Gasteiger partial charge >= 0.3 is 0 Å². The number of aliphatic hydroxyl groups excluding tert-OH is 16. The Labute approximate surface area is 830 Å². The van der Waals surface area contributed by atoms with Crippen molar-refractivity contribution >= 4 is 47.7 Å². The molecule has 0 aromatic heterocycles. The third-order valence-corrected chi connectivity index (χ3v) is 24.7. The number of hydrogen-bond acceptors (Lipinski definition) is 48. The minimum atomic E-state index is -2.21. The standard InChI is InChI=1S/C80H160N32O32/c81-73(82)105-17-1-9-97-25-33-57-41(113)49(121)65(129-33)138-58-34(26-98-10-2-18-106-74(83)84)131-67(51(123)43(58)115)140-60-36(28-100-12-4-20-108-76(87)88)133-69(53(125)45(60)117)142-62-38(30-102-14-6-22-110-78(91)92)135-71(55(127)47(62)119)144-64-40(32-104-16-8-24-112-80(95)96)136-72(56(128)48(64)120)143-63-39(31-103-15-7-23-111-79(93)94)134-70(54(126)46(63)118)141-61-37(29-101-13-5-21-109-77(89)90)132-68(52(124)44(61)116)139-59-35(27-99-11-3-19-107-75(85)86)130-66(137-57)50(122)42(59)114/h33-72,97-104,113-128H,1-32H2,(H4,81,82,105)(H4,83,84,106)(H4,85,86,107)(H4,87,88,108)(H4,89,90,109)(H4,91,92,110)(H4,93,94,111)(H4,95,96,112)/t33-,34-,35-,36-,37-,38-,39-,40-,41-,42-,43-,44-,45-,46-,47-,48-,49-,50-,51-,52-,53-,54-,55-,56-,57-,58-,59-,60-,61-,62-,63-,64-,65-,66-,67-,68-,69-,70-,71-,72-/m1/s1. The van der Waals surface area contributed by atoms with Crippen LogP contribution in [-0.4, -0.2) is 532 Å². The van der Waals surface area contributed by atoms with Crippen LogP contribution in [0.3, 0.4) is 0 Å². The number of aliphatic hydroxyl groups is 16. The number of guanidine groups is 8. The summed E-state index contributed by atoms with van der Waals surface area (Å²) in [5.41, 5.74) is 90.0. The van der Waals surface area contributed by atoms with Crippen molar-refractivity contribution in [2.24, 2.45) is 132 Å². The van der Waals surface area contributed by atoms with Crippen molar-refractivity contribution in [3.05, 3.63) is 0 Å². The summed E-state index contributed by atoms with van der Waals surface area (Å²) in [4.78, 5) is 32.2. The van der Waals surface area contributed by atoms with Gasteiger partial charge in [0.05, 0.1) is 0 Å². The number of nitrogens with two attached hydrogens (primary N) is 16. The lowest BCUT2D eigenvalue weighted by Crippen LogP contribution is -2.70. The van der Waals surface area contributed by atoms with Crippen LogP contribution < -0.4 is 134 Å². The number of ether oxygens (including phenoxy) is 16. The Morgan fingerprint density at radius 3 is 0.340 bits per heavy atom. The maximum absolute atomic E-state index is 12.6. The zero-order valence-electron chi connectivity index (χ0n) is 80.2. The Morgan fingerprint density at radius 2 is 0.250 bits per heavy atom. The first-order valence-electron chi connectivity index (χ1n) is 48.2. The molecule has 64 heteroatoms. The lowest BCUT2D eigenvalue weighted by atomic mass is 9.94. The molecular weight excluding hydrogens is 1920 g/mol. The van der Waals surface area contributed by atoms with Crippen LogP contribution in [0.1, 0.15) is 51.4 Å². The molecule has 30 aliphatic heterocycles. The molecule has 30 rings (SSSR count). The average molecular weight is 2080 g/mol. The van der Waals surface area contributed by atoms with E-state index in [1.54, 1.807) is 0 Å². The lowest BCUT2D eigenvalue weighted by Gasteiger charge is -2.51. The Bertz CT molecular complexity index is 3200. The fourth-order valence-corrected chi connectivity index (χ4v) is 17.3. The van der Waals surface area contributed by atoms with Crippen molar-refractivity contribution < 1.29 is 157 Å². The van der Waals surface area contributed by atoms with Gasteiger partial charge in [0.15, 0.2) is 98.0 Å². The van der Waals surface area contributed by atoms with Gasteiger partial charge in [0.25, 0.3) is 0 Å².